The van der Waals surface area contributed by atoms with Gasteiger partial charge in [-0.25, -0.2) is 4.98 Å². The third-order valence-electron chi connectivity index (χ3n) is 4.87. The number of rotatable bonds is 4. The van der Waals surface area contributed by atoms with Crippen molar-refractivity contribution in [1.29, 1.82) is 0 Å². The lowest BCUT2D eigenvalue weighted by Crippen LogP contribution is -2.01. The van der Waals surface area contributed by atoms with E-state index in [0.29, 0.717) is 21.2 Å². The van der Waals surface area contributed by atoms with Crippen LogP contribution < -0.4 is 5.73 Å². The molecule has 0 aliphatic carbocycles. The van der Waals surface area contributed by atoms with Crippen molar-refractivity contribution in [3.05, 3.63) is 93.6 Å². The number of thiophene rings is 2. The van der Waals surface area contributed by atoms with Crippen molar-refractivity contribution in [2.24, 2.45) is 0 Å². The molecule has 5 rings (SSSR count). The van der Waals surface area contributed by atoms with E-state index >= 15 is 0 Å². The Balaban J connectivity index is 1.74. The van der Waals surface area contributed by atoms with Crippen molar-refractivity contribution >= 4 is 56.0 Å². The Morgan fingerprint density at radius 3 is 2.43 bits per heavy atom. The van der Waals surface area contributed by atoms with Crippen molar-refractivity contribution in [2.75, 3.05) is 5.73 Å². The van der Waals surface area contributed by atoms with Crippen LogP contribution in [0.3, 0.4) is 0 Å². The fourth-order valence-corrected chi connectivity index (χ4v) is 5.36. The summed E-state index contributed by atoms with van der Waals surface area (Å²) < 4.78 is 0. The molecule has 0 saturated carbocycles. The maximum Gasteiger partial charge on any atom is 0.205 e. The van der Waals surface area contributed by atoms with Gasteiger partial charge in [-0.15, -0.1) is 22.7 Å². The Labute approximate surface area is 186 Å². The number of halogens is 1. The lowest BCUT2D eigenvalue weighted by Gasteiger charge is -2.07. The number of carbonyl (C=O) groups excluding carboxylic acids is 1. The Hall–Kier alpha value is -2.99. The molecule has 6 heteroatoms. The van der Waals surface area contributed by atoms with E-state index in [1.807, 2.05) is 41.8 Å². The van der Waals surface area contributed by atoms with Gasteiger partial charge >= 0.3 is 0 Å². The summed E-state index contributed by atoms with van der Waals surface area (Å²) in [5, 5.41) is 3.45. The maximum atomic E-state index is 13.2. The first kappa shape index (κ1) is 19.0. The average Bonchev–Trinajstić information content (AvgIpc) is 3.42. The van der Waals surface area contributed by atoms with Crippen molar-refractivity contribution in [3.63, 3.8) is 0 Å². The van der Waals surface area contributed by atoms with Gasteiger partial charge in [0.25, 0.3) is 0 Å². The van der Waals surface area contributed by atoms with Gasteiger partial charge < -0.3 is 5.73 Å². The molecule has 146 valence electrons. The first-order valence-electron chi connectivity index (χ1n) is 9.24. The van der Waals surface area contributed by atoms with Gasteiger partial charge in [0.1, 0.15) is 9.71 Å². The molecule has 2 N–H and O–H groups in total. The SMILES string of the molecule is Nc1c(C(=O)c2ccc(Cl)cc2)sc2nc(-c3ccccc3)cc(-c3cccs3)c12. The zero-order valence-corrected chi connectivity index (χ0v) is 18.0. The number of carbonyl (C=O) groups is 1. The molecule has 3 aromatic heterocycles. The van der Waals surface area contributed by atoms with Crippen LogP contribution in [0.4, 0.5) is 5.69 Å². The number of aromatic nitrogens is 1. The predicted octanol–water partition coefficient (Wildman–Crippen LogP) is 7.16. The molecule has 3 nitrogen and oxygen atoms in total. The number of nitrogen functional groups attached to an aromatic ring is 1. The van der Waals surface area contributed by atoms with E-state index in [9.17, 15) is 4.79 Å². The fraction of sp³-hybridized carbons (Fsp3) is 0. The number of nitrogens with zero attached hydrogens (tertiary/aromatic N) is 1. The molecule has 0 aliphatic rings. The molecule has 3 heterocycles. The molecule has 0 fully saturated rings. The molecule has 0 aliphatic heterocycles. The van der Waals surface area contributed by atoms with Crippen molar-refractivity contribution in [1.82, 2.24) is 4.98 Å². The molecule has 5 aromatic rings. The number of pyridine rings is 1. The molecular weight excluding hydrogens is 432 g/mol. The molecule has 0 bridgehead atoms. The quantitative estimate of drug-likeness (QED) is 0.298. The third kappa shape index (κ3) is 3.31. The van der Waals surface area contributed by atoms with E-state index in [-0.39, 0.29) is 5.78 Å². The van der Waals surface area contributed by atoms with E-state index in [2.05, 4.69) is 12.1 Å². The van der Waals surface area contributed by atoms with Gasteiger partial charge in [0.05, 0.1) is 11.4 Å². The summed E-state index contributed by atoms with van der Waals surface area (Å²) in [5.41, 5.74) is 10.4. The van der Waals surface area contributed by atoms with Crippen LogP contribution in [0.1, 0.15) is 15.2 Å². The van der Waals surface area contributed by atoms with E-state index in [1.165, 1.54) is 11.3 Å². The van der Waals surface area contributed by atoms with Crippen molar-refractivity contribution in [2.45, 2.75) is 0 Å². The molecule has 0 radical (unpaired) electrons. The second-order valence-corrected chi connectivity index (χ2v) is 9.14. The summed E-state index contributed by atoms with van der Waals surface area (Å²) in [6.07, 6.45) is 0. The zero-order chi connectivity index (χ0) is 20.7. The summed E-state index contributed by atoms with van der Waals surface area (Å²) in [5.74, 6) is -0.120. The maximum absolute atomic E-state index is 13.2. The molecule has 0 spiro atoms. The van der Waals surface area contributed by atoms with Crippen LogP contribution in [-0.2, 0) is 0 Å². The van der Waals surface area contributed by atoms with Gasteiger partial charge in [-0.1, -0.05) is 48.0 Å². The normalized spacial score (nSPS) is 11.1. The highest BCUT2D eigenvalue weighted by atomic mass is 35.5. The highest BCUT2D eigenvalue weighted by Gasteiger charge is 2.22. The van der Waals surface area contributed by atoms with Crippen molar-refractivity contribution in [3.8, 4) is 21.7 Å². The molecule has 0 unspecified atom stereocenters. The molecule has 30 heavy (non-hydrogen) atoms. The zero-order valence-electron chi connectivity index (χ0n) is 15.6. The molecular formula is C24H15ClN2OS2. The van der Waals surface area contributed by atoms with Crippen LogP contribution in [-0.4, -0.2) is 10.8 Å². The Bertz CT molecular complexity index is 1360. The van der Waals surface area contributed by atoms with Gasteiger partial charge in [0.2, 0.25) is 5.78 Å². The first-order valence-corrected chi connectivity index (χ1v) is 11.3. The van der Waals surface area contributed by atoms with Crippen LogP contribution in [0.25, 0.3) is 31.9 Å². The molecule has 2 aromatic carbocycles. The summed E-state index contributed by atoms with van der Waals surface area (Å²) >= 11 is 8.95. The smallest absolute Gasteiger partial charge is 0.205 e. The van der Waals surface area contributed by atoms with Gasteiger partial charge in [0.15, 0.2) is 0 Å². The minimum Gasteiger partial charge on any atom is -0.397 e. The van der Waals surface area contributed by atoms with Crippen LogP contribution in [0.5, 0.6) is 0 Å². The standard InChI is InChI=1S/C24H15ClN2OS2/c25-16-10-8-15(9-11-16)22(28)23-21(26)20-17(19-7-4-12-29-19)13-18(27-24(20)30-23)14-5-2-1-3-6-14/h1-13H,26H2. The summed E-state index contributed by atoms with van der Waals surface area (Å²) in [7, 11) is 0. The van der Waals surface area contributed by atoms with Gasteiger partial charge in [-0.05, 0) is 41.8 Å². The monoisotopic (exact) mass is 446 g/mol. The Morgan fingerprint density at radius 2 is 1.73 bits per heavy atom. The lowest BCUT2D eigenvalue weighted by molar-refractivity contribution is 0.104. The van der Waals surface area contributed by atoms with E-state index < -0.39 is 0 Å². The minimum absolute atomic E-state index is 0.120. The van der Waals surface area contributed by atoms with Crippen LogP contribution in [0, 0.1) is 0 Å². The predicted molar refractivity (Wildman–Crippen MR) is 128 cm³/mol. The second kappa shape index (κ2) is 7.69. The number of ketones is 1. The second-order valence-electron chi connectivity index (χ2n) is 6.76. The van der Waals surface area contributed by atoms with Gasteiger partial charge in [-0.3, -0.25) is 4.79 Å². The fourth-order valence-electron chi connectivity index (χ4n) is 3.40. The molecule has 0 amide bonds. The Morgan fingerprint density at radius 1 is 0.967 bits per heavy atom. The van der Waals surface area contributed by atoms with Crippen LogP contribution >= 0.6 is 34.3 Å². The van der Waals surface area contributed by atoms with Crippen LogP contribution in [0.15, 0.2) is 78.2 Å². The van der Waals surface area contributed by atoms with E-state index in [0.717, 1.165) is 31.9 Å². The molecule has 0 saturated heterocycles. The Kier molecular flexibility index (Phi) is 4.87. The lowest BCUT2D eigenvalue weighted by atomic mass is 10.0. The highest BCUT2D eigenvalue weighted by Crippen LogP contribution is 2.43. The summed E-state index contributed by atoms with van der Waals surface area (Å²) in [4.78, 5) is 20.4. The van der Waals surface area contributed by atoms with Crippen molar-refractivity contribution < 1.29 is 4.79 Å². The number of nitrogens with two attached hydrogens (primary N) is 1. The number of anilines is 1. The largest absolute Gasteiger partial charge is 0.397 e. The van der Waals surface area contributed by atoms with E-state index in [1.54, 1.807) is 35.6 Å². The minimum atomic E-state index is -0.120. The number of hydrogen-bond acceptors (Lipinski definition) is 5. The first-order chi connectivity index (χ1) is 14.6. The topological polar surface area (TPSA) is 56.0 Å². The molecule has 0 atom stereocenters. The summed E-state index contributed by atoms with van der Waals surface area (Å²) in [6, 6.07) is 23.0. The number of fused-ring (bicyclic) bond motifs is 1. The average molecular weight is 447 g/mol. The van der Waals surface area contributed by atoms with Crippen LogP contribution in [0.2, 0.25) is 5.02 Å². The highest BCUT2D eigenvalue weighted by molar-refractivity contribution is 7.21. The number of benzene rings is 2. The van der Waals surface area contributed by atoms with Gasteiger partial charge in [-0.2, -0.15) is 0 Å². The number of hydrogen-bond donors (Lipinski definition) is 1. The third-order valence-corrected chi connectivity index (χ3v) is 7.12. The van der Waals surface area contributed by atoms with E-state index in [4.69, 9.17) is 22.3 Å². The summed E-state index contributed by atoms with van der Waals surface area (Å²) in [6.45, 7) is 0. The van der Waals surface area contributed by atoms with Gasteiger partial charge in [0, 0.05) is 32.0 Å².